The Morgan fingerprint density at radius 2 is 1.73 bits per heavy atom. The summed E-state index contributed by atoms with van der Waals surface area (Å²) in [5.41, 5.74) is -0.375. The third-order valence-corrected chi connectivity index (χ3v) is 3.63. The number of benzene rings is 1. The summed E-state index contributed by atoms with van der Waals surface area (Å²) in [6.07, 6.45) is 2.60. The van der Waals surface area contributed by atoms with Crippen molar-refractivity contribution in [3.8, 4) is 0 Å². The van der Waals surface area contributed by atoms with E-state index in [9.17, 15) is 18.9 Å². The molecule has 0 unspecified atom stereocenters. The number of halogens is 3. The molecule has 0 saturated carbocycles. The zero-order valence-corrected chi connectivity index (χ0v) is 14.4. The number of rotatable bonds is 5. The van der Waals surface area contributed by atoms with Crippen molar-refractivity contribution in [1.29, 1.82) is 0 Å². The molecule has 0 radical (unpaired) electrons. The number of pyridine rings is 1. The van der Waals surface area contributed by atoms with Gasteiger partial charge in [-0.3, -0.25) is 10.1 Å². The van der Waals surface area contributed by atoms with Crippen LogP contribution in [0.2, 0.25) is 0 Å². The van der Waals surface area contributed by atoms with Gasteiger partial charge in [-0.1, -0.05) is 0 Å². The van der Waals surface area contributed by atoms with Gasteiger partial charge in [-0.25, -0.2) is 23.7 Å². The van der Waals surface area contributed by atoms with Gasteiger partial charge in [0.2, 0.25) is 11.6 Å². The summed E-state index contributed by atoms with van der Waals surface area (Å²) in [5.74, 6) is -2.09. The molecule has 11 heteroatoms. The molecule has 2 aromatic heterocycles. The molecule has 0 fully saturated rings. The molecule has 2 N–H and O–H groups in total. The van der Waals surface area contributed by atoms with Gasteiger partial charge in [-0.15, -0.1) is 0 Å². The second-order valence-electron chi connectivity index (χ2n) is 4.92. The number of anilines is 4. The first-order chi connectivity index (χ1) is 12.4. The maximum Gasteiger partial charge on any atom is 0.353 e. The molecule has 0 aliphatic rings. The van der Waals surface area contributed by atoms with Gasteiger partial charge in [-0.2, -0.15) is 0 Å². The van der Waals surface area contributed by atoms with E-state index in [1.54, 1.807) is 12.1 Å². The number of hydrogen-bond donors (Lipinski definition) is 2. The average molecular weight is 423 g/mol. The molecule has 0 bridgehead atoms. The first-order valence-corrected chi connectivity index (χ1v) is 7.83. The lowest BCUT2D eigenvalue weighted by molar-refractivity contribution is -0.383. The van der Waals surface area contributed by atoms with Crippen molar-refractivity contribution in [3.05, 3.63) is 69.1 Å². The minimum absolute atomic E-state index is 0.0958. The summed E-state index contributed by atoms with van der Waals surface area (Å²) >= 11 is 3.24. The van der Waals surface area contributed by atoms with Gasteiger partial charge in [0.25, 0.3) is 0 Å². The van der Waals surface area contributed by atoms with Crippen molar-refractivity contribution in [2.24, 2.45) is 0 Å². The lowest BCUT2D eigenvalue weighted by atomic mass is 10.3. The Hall–Kier alpha value is -3.21. The molecule has 0 aliphatic carbocycles. The summed E-state index contributed by atoms with van der Waals surface area (Å²) in [6, 6.07) is 6.29. The summed E-state index contributed by atoms with van der Waals surface area (Å²) < 4.78 is 27.1. The Kier molecular flexibility index (Phi) is 4.98. The number of nitro groups is 1. The number of nitrogens with one attached hydrogen (secondary N) is 2. The highest BCUT2D eigenvalue weighted by Gasteiger charge is 2.23. The fourth-order valence-corrected chi connectivity index (χ4v) is 2.25. The highest BCUT2D eigenvalue weighted by Crippen LogP contribution is 2.32. The molecule has 0 spiro atoms. The first-order valence-electron chi connectivity index (χ1n) is 7.04. The normalized spacial score (nSPS) is 10.4. The third-order valence-electron chi connectivity index (χ3n) is 3.16. The van der Waals surface area contributed by atoms with E-state index in [1.807, 2.05) is 0 Å². The fraction of sp³-hybridized carbons (Fsp3) is 0. The summed E-state index contributed by atoms with van der Waals surface area (Å²) in [5, 5.41) is 16.8. The molecular formula is C15H9BrF2N6O2. The Morgan fingerprint density at radius 3 is 2.35 bits per heavy atom. The number of nitrogens with zero attached hydrogens (tertiary/aromatic N) is 4. The second kappa shape index (κ2) is 7.35. The van der Waals surface area contributed by atoms with Crippen molar-refractivity contribution in [3.63, 3.8) is 0 Å². The van der Waals surface area contributed by atoms with Crippen LogP contribution < -0.4 is 10.6 Å². The smallest absolute Gasteiger partial charge is 0.334 e. The van der Waals surface area contributed by atoms with Crippen LogP contribution in [-0.2, 0) is 0 Å². The van der Waals surface area contributed by atoms with Crippen LogP contribution in [0.4, 0.5) is 37.6 Å². The molecule has 26 heavy (non-hydrogen) atoms. The fourth-order valence-electron chi connectivity index (χ4n) is 2.02. The van der Waals surface area contributed by atoms with Gasteiger partial charge in [-0.05, 0) is 40.2 Å². The SMILES string of the molecule is O=[N+]([O-])c1c(Nc2ccc(F)c(F)c2)ncnc1Nc1ccc(Br)cn1. The van der Waals surface area contributed by atoms with Crippen LogP contribution in [0.25, 0.3) is 0 Å². The standard InChI is InChI=1S/C15H9BrF2N6O2/c16-8-1-4-12(19-6-8)23-15-13(24(25)26)14(20-7-21-15)22-9-2-3-10(17)11(18)5-9/h1-7H,(H2,19,20,21,22,23). The van der Waals surface area contributed by atoms with Gasteiger partial charge in [0, 0.05) is 22.4 Å². The van der Waals surface area contributed by atoms with E-state index in [0.717, 1.165) is 22.9 Å². The van der Waals surface area contributed by atoms with Gasteiger partial charge < -0.3 is 10.6 Å². The maximum absolute atomic E-state index is 13.3. The first kappa shape index (κ1) is 17.6. The molecule has 3 aromatic rings. The number of hydrogen-bond acceptors (Lipinski definition) is 7. The van der Waals surface area contributed by atoms with Gasteiger partial charge in [0.05, 0.1) is 4.92 Å². The Balaban J connectivity index is 1.96. The van der Waals surface area contributed by atoms with Crippen molar-refractivity contribution in [1.82, 2.24) is 15.0 Å². The molecule has 1 aromatic carbocycles. The maximum atomic E-state index is 13.3. The molecule has 3 rings (SSSR count). The molecule has 132 valence electrons. The van der Waals surface area contributed by atoms with Crippen molar-refractivity contribution >= 4 is 44.8 Å². The summed E-state index contributed by atoms with van der Waals surface area (Å²) in [6.45, 7) is 0. The van der Waals surface area contributed by atoms with Crippen molar-refractivity contribution < 1.29 is 13.7 Å². The molecular weight excluding hydrogens is 414 g/mol. The van der Waals surface area contributed by atoms with Crippen LogP contribution in [0.15, 0.2) is 47.3 Å². The molecule has 8 nitrogen and oxygen atoms in total. The highest BCUT2D eigenvalue weighted by atomic mass is 79.9. The monoisotopic (exact) mass is 422 g/mol. The minimum atomic E-state index is -1.09. The van der Waals surface area contributed by atoms with Crippen LogP contribution in [0.1, 0.15) is 0 Å². The van der Waals surface area contributed by atoms with Crippen LogP contribution in [-0.4, -0.2) is 19.9 Å². The van der Waals surface area contributed by atoms with E-state index in [2.05, 4.69) is 41.5 Å². The summed E-state index contributed by atoms with van der Waals surface area (Å²) in [4.78, 5) is 22.5. The zero-order chi connectivity index (χ0) is 18.7. The lowest BCUT2D eigenvalue weighted by Gasteiger charge is -2.10. The van der Waals surface area contributed by atoms with Crippen LogP contribution in [0, 0.1) is 21.7 Å². The van der Waals surface area contributed by atoms with E-state index in [-0.39, 0.29) is 17.3 Å². The van der Waals surface area contributed by atoms with E-state index in [4.69, 9.17) is 0 Å². The van der Waals surface area contributed by atoms with E-state index in [0.29, 0.717) is 5.82 Å². The van der Waals surface area contributed by atoms with Crippen LogP contribution in [0.3, 0.4) is 0 Å². The topological polar surface area (TPSA) is 106 Å². The zero-order valence-electron chi connectivity index (χ0n) is 12.8. The lowest BCUT2D eigenvalue weighted by Crippen LogP contribution is -2.06. The Labute approximate surface area is 153 Å². The van der Waals surface area contributed by atoms with E-state index < -0.39 is 22.2 Å². The summed E-state index contributed by atoms with van der Waals surface area (Å²) in [7, 11) is 0. The van der Waals surface area contributed by atoms with E-state index in [1.165, 1.54) is 12.3 Å². The molecule has 2 heterocycles. The molecule has 0 saturated heterocycles. The van der Waals surface area contributed by atoms with Crippen molar-refractivity contribution in [2.75, 3.05) is 10.6 Å². The Bertz CT molecular complexity index is 971. The second-order valence-corrected chi connectivity index (χ2v) is 5.83. The molecule has 0 atom stereocenters. The molecule has 0 amide bonds. The minimum Gasteiger partial charge on any atom is -0.334 e. The quantitative estimate of drug-likeness (QED) is 0.465. The van der Waals surface area contributed by atoms with E-state index >= 15 is 0 Å². The van der Waals surface area contributed by atoms with Crippen LogP contribution in [0.5, 0.6) is 0 Å². The average Bonchev–Trinajstić information content (AvgIpc) is 2.60. The molecule has 0 aliphatic heterocycles. The predicted octanol–water partition coefficient (Wildman–Crippen LogP) is 4.31. The number of aromatic nitrogens is 3. The van der Waals surface area contributed by atoms with Crippen molar-refractivity contribution in [2.45, 2.75) is 0 Å². The van der Waals surface area contributed by atoms with Gasteiger partial charge >= 0.3 is 5.69 Å². The van der Waals surface area contributed by atoms with Gasteiger partial charge in [0.15, 0.2) is 11.6 Å². The van der Waals surface area contributed by atoms with Crippen LogP contribution >= 0.6 is 15.9 Å². The Morgan fingerprint density at radius 1 is 1.00 bits per heavy atom. The predicted molar refractivity (Wildman–Crippen MR) is 93.5 cm³/mol. The highest BCUT2D eigenvalue weighted by molar-refractivity contribution is 9.10. The van der Waals surface area contributed by atoms with Gasteiger partial charge in [0.1, 0.15) is 12.1 Å². The third kappa shape index (κ3) is 3.88. The largest absolute Gasteiger partial charge is 0.353 e.